The second-order valence-electron chi connectivity index (χ2n) is 10.2. The fourth-order valence-electron chi connectivity index (χ4n) is 4.36. The number of nitrogens with zero attached hydrogens (tertiary/aromatic N) is 1. The van der Waals surface area contributed by atoms with E-state index in [2.05, 4.69) is 30.9 Å². The SMILES string of the molecule is CC(C)CC(NC(=O)C(CC(=O)O)NC(=O)C(N)Cc1c[nH]c2ccccc12)C(=O)NC(Cc1cnc[nH]1)C(=O)O. The summed E-state index contributed by atoms with van der Waals surface area (Å²) in [6.07, 6.45) is 3.95. The van der Waals surface area contributed by atoms with Crippen LogP contribution in [0.15, 0.2) is 43.0 Å². The molecule has 0 saturated heterocycles. The van der Waals surface area contributed by atoms with Crippen molar-refractivity contribution in [2.24, 2.45) is 11.7 Å². The second kappa shape index (κ2) is 14.1. The van der Waals surface area contributed by atoms with Gasteiger partial charge in [-0.15, -0.1) is 0 Å². The number of aromatic nitrogens is 3. The first-order valence-electron chi connectivity index (χ1n) is 13.1. The third-order valence-electron chi connectivity index (χ3n) is 6.40. The van der Waals surface area contributed by atoms with Gasteiger partial charge in [0.15, 0.2) is 0 Å². The van der Waals surface area contributed by atoms with Gasteiger partial charge in [-0.25, -0.2) is 9.78 Å². The zero-order valence-corrected chi connectivity index (χ0v) is 22.7. The zero-order valence-electron chi connectivity index (χ0n) is 22.7. The summed E-state index contributed by atoms with van der Waals surface area (Å²) < 4.78 is 0. The van der Waals surface area contributed by atoms with Gasteiger partial charge in [-0.05, 0) is 30.4 Å². The van der Waals surface area contributed by atoms with Crippen LogP contribution in [0.1, 0.15) is 37.9 Å². The minimum absolute atomic E-state index is 0.0740. The van der Waals surface area contributed by atoms with Gasteiger partial charge in [-0.1, -0.05) is 32.0 Å². The predicted octanol–water partition coefficient (Wildman–Crippen LogP) is 0.0633. The van der Waals surface area contributed by atoms with Gasteiger partial charge in [0.25, 0.3) is 0 Å². The molecule has 2 aromatic heterocycles. The van der Waals surface area contributed by atoms with Gasteiger partial charge in [0.05, 0.1) is 18.8 Å². The number of amides is 3. The summed E-state index contributed by atoms with van der Waals surface area (Å²) in [5, 5.41) is 27.1. The van der Waals surface area contributed by atoms with E-state index in [0.717, 1.165) is 16.5 Å². The van der Waals surface area contributed by atoms with E-state index in [1.54, 1.807) is 20.0 Å². The molecule has 3 amide bonds. The number of hydrogen-bond donors (Lipinski definition) is 8. The minimum atomic E-state index is -1.53. The highest BCUT2D eigenvalue weighted by Crippen LogP contribution is 2.19. The van der Waals surface area contributed by atoms with Gasteiger partial charge in [0, 0.05) is 35.4 Å². The number of aromatic amines is 2. The standard InChI is InChI=1S/C27H35N7O7/c1-14(2)7-20(25(38)34-22(27(40)41)9-16-12-29-13-31-16)33-26(39)21(10-23(35)36)32-24(37)18(28)8-15-11-30-19-6-4-3-5-17(15)19/h3-6,11-14,18,20-22,30H,7-10,28H2,1-2H3,(H,29,31)(H,32,37)(H,33,39)(H,34,38)(H,35,36)(H,40,41). The summed E-state index contributed by atoms with van der Waals surface area (Å²) in [6.45, 7) is 3.60. The Morgan fingerprint density at radius 2 is 1.56 bits per heavy atom. The molecule has 0 spiro atoms. The highest BCUT2D eigenvalue weighted by atomic mass is 16.4. The molecule has 0 radical (unpaired) electrons. The summed E-state index contributed by atoms with van der Waals surface area (Å²) in [5.41, 5.74) is 8.22. The number of H-pyrrole nitrogens is 2. The lowest BCUT2D eigenvalue weighted by atomic mass is 10.0. The van der Waals surface area contributed by atoms with Crippen LogP contribution in [0.2, 0.25) is 0 Å². The molecule has 4 atom stereocenters. The number of carbonyl (C=O) groups is 5. The van der Waals surface area contributed by atoms with E-state index in [9.17, 15) is 34.2 Å². The Bertz CT molecular complexity index is 1370. The van der Waals surface area contributed by atoms with E-state index >= 15 is 0 Å². The van der Waals surface area contributed by atoms with Crippen molar-refractivity contribution in [1.29, 1.82) is 0 Å². The van der Waals surface area contributed by atoms with Gasteiger partial charge in [0.2, 0.25) is 17.7 Å². The van der Waals surface area contributed by atoms with Crippen LogP contribution < -0.4 is 21.7 Å². The molecule has 0 fully saturated rings. The number of para-hydroxylation sites is 1. The van der Waals surface area contributed by atoms with Crippen LogP contribution in [0.3, 0.4) is 0 Å². The van der Waals surface area contributed by atoms with Crippen molar-refractivity contribution in [3.05, 3.63) is 54.2 Å². The number of carboxylic acid groups (broad SMARTS) is 2. The second-order valence-corrected chi connectivity index (χ2v) is 10.2. The third kappa shape index (κ3) is 8.89. The molecule has 0 bridgehead atoms. The smallest absolute Gasteiger partial charge is 0.326 e. The van der Waals surface area contributed by atoms with E-state index in [1.807, 2.05) is 24.3 Å². The van der Waals surface area contributed by atoms with Crippen LogP contribution in [0.25, 0.3) is 10.9 Å². The largest absolute Gasteiger partial charge is 0.481 e. The molecule has 9 N–H and O–H groups in total. The number of rotatable bonds is 15. The van der Waals surface area contributed by atoms with E-state index in [-0.39, 0.29) is 25.2 Å². The maximum atomic E-state index is 13.2. The molecule has 0 aliphatic rings. The van der Waals surface area contributed by atoms with E-state index in [1.165, 1.54) is 12.5 Å². The lowest BCUT2D eigenvalue weighted by molar-refractivity contribution is -0.143. The van der Waals surface area contributed by atoms with Gasteiger partial charge >= 0.3 is 11.9 Å². The molecular formula is C27H35N7O7. The highest BCUT2D eigenvalue weighted by molar-refractivity contribution is 5.96. The Morgan fingerprint density at radius 1 is 0.902 bits per heavy atom. The molecule has 0 aliphatic heterocycles. The van der Waals surface area contributed by atoms with Crippen molar-refractivity contribution < 1.29 is 34.2 Å². The van der Waals surface area contributed by atoms with Gasteiger partial charge < -0.3 is 41.9 Å². The van der Waals surface area contributed by atoms with Crippen molar-refractivity contribution in [3.63, 3.8) is 0 Å². The third-order valence-corrected chi connectivity index (χ3v) is 6.40. The molecule has 14 nitrogen and oxygen atoms in total. The first-order valence-corrected chi connectivity index (χ1v) is 13.1. The molecule has 0 saturated carbocycles. The van der Waals surface area contributed by atoms with Crippen LogP contribution in [0.4, 0.5) is 0 Å². The Morgan fingerprint density at radius 3 is 2.20 bits per heavy atom. The number of hydrogen-bond acceptors (Lipinski definition) is 7. The Kier molecular flexibility index (Phi) is 10.6. The number of benzene rings is 1. The topological polar surface area (TPSA) is 232 Å². The first kappa shape index (κ1) is 30.8. The van der Waals surface area contributed by atoms with Crippen LogP contribution >= 0.6 is 0 Å². The summed E-state index contributed by atoms with van der Waals surface area (Å²) in [5.74, 6) is -5.17. The van der Waals surface area contributed by atoms with E-state index in [0.29, 0.717) is 5.69 Å². The quantitative estimate of drug-likeness (QED) is 0.123. The number of carbonyl (C=O) groups excluding carboxylic acids is 3. The van der Waals surface area contributed by atoms with Crippen molar-refractivity contribution in [2.75, 3.05) is 0 Å². The summed E-state index contributed by atoms with van der Waals surface area (Å²) >= 11 is 0. The molecule has 2 heterocycles. The Balaban J connectivity index is 1.69. The monoisotopic (exact) mass is 569 g/mol. The Hall–Kier alpha value is -4.72. The molecule has 3 rings (SSSR count). The van der Waals surface area contributed by atoms with Crippen LogP contribution in [0.5, 0.6) is 0 Å². The van der Waals surface area contributed by atoms with Crippen LogP contribution in [-0.4, -0.2) is 79.0 Å². The maximum absolute atomic E-state index is 13.2. The van der Waals surface area contributed by atoms with E-state index in [4.69, 9.17) is 5.73 Å². The van der Waals surface area contributed by atoms with E-state index < -0.39 is 60.2 Å². The normalized spacial score (nSPS) is 14.1. The fourth-order valence-corrected chi connectivity index (χ4v) is 4.36. The van der Waals surface area contributed by atoms with Crippen molar-refractivity contribution in [2.45, 2.75) is 63.7 Å². The number of carboxylic acids is 2. The lowest BCUT2D eigenvalue weighted by Crippen LogP contribution is -2.58. The molecule has 1 aromatic carbocycles. The van der Waals surface area contributed by atoms with Crippen LogP contribution in [0, 0.1) is 5.92 Å². The molecular weight excluding hydrogens is 534 g/mol. The van der Waals surface area contributed by atoms with Crippen LogP contribution in [-0.2, 0) is 36.8 Å². The number of nitrogens with one attached hydrogen (secondary N) is 5. The molecule has 0 aliphatic carbocycles. The molecule has 220 valence electrons. The zero-order chi connectivity index (χ0) is 30.1. The number of nitrogens with two attached hydrogens (primary N) is 1. The molecule has 4 unspecified atom stereocenters. The van der Waals surface area contributed by atoms with Crippen molar-refractivity contribution in [1.82, 2.24) is 30.9 Å². The average Bonchev–Trinajstić information content (AvgIpc) is 3.57. The summed E-state index contributed by atoms with van der Waals surface area (Å²) in [7, 11) is 0. The molecule has 3 aromatic rings. The maximum Gasteiger partial charge on any atom is 0.326 e. The average molecular weight is 570 g/mol. The number of fused-ring (bicyclic) bond motifs is 1. The lowest BCUT2D eigenvalue weighted by Gasteiger charge is -2.25. The first-order chi connectivity index (χ1) is 19.4. The molecule has 41 heavy (non-hydrogen) atoms. The molecule has 14 heteroatoms. The van der Waals surface area contributed by atoms with Gasteiger partial charge in [-0.2, -0.15) is 0 Å². The predicted molar refractivity (Wildman–Crippen MR) is 147 cm³/mol. The summed E-state index contributed by atoms with van der Waals surface area (Å²) in [6, 6.07) is 2.32. The van der Waals surface area contributed by atoms with Crippen molar-refractivity contribution >= 4 is 40.6 Å². The fraction of sp³-hybridized carbons (Fsp3) is 0.407. The number of imidazole rings is 1. The van der Waals surface area contributed by atoms with Gasteiger partial charge in [0.1, 0.15) is 18.1 Å². The highest BCUT2D eigenvalue weighted by Gasteiger charge is 2.32. The van der Waals surface area contributed by atoms with Crippen molar-refractivity contribution in [3.8, 4) is 0 Å². The minimum Gasteiger partial charge on any atom is -0.481 e. The summed E-state index contributed by atoms with van der Waals surface area (Å²) in [4.78, 5) is 72.1. The Labute approximate surface area is 235 Å². The number of aliphatic carboxylic acids is 2. The van der Waals surface area contributed by atoms with Gasteiger partial charge in [-0.3, -0.25) is 19.2 Å².